The molecule has 0 aliphatic carbocycles. The van der Waals surface area contributed by atoms with Crippen molar-refractivity contribution in [3.8, 4) is 11.5 Å². The van der Waals surface area contributed by atoms with Gasteiger partial charge in [0.2, 0.25) is 5.91 Å². The van der Waals surface area contributed by atoms with Crippen molar-refractivity contribution in [2.45, 2.75) is 18.5 Å². The molecule has 2 N–H and O–H groups in total. The Labute approximate surface area is 200 Å². The maximum Gasteiger partial charge on any atom is 0.325 e. The highest BCUT2D eigenvalue weighted by molar-refractivity contribution is 7.10. The highest BCUT2D eigenvalue weighted by Crippen LogP contribution is 2.37. The second-order valence-electron chi connectivity index (χ2n) is 8.23. The fraction of sp³-hybridized carbons (Fsp3) is 0.240. The average Bonchev–Trinajstić information content (AvgIpc) is 3.46. The molecule has 4 amide bonds. The summed E-state index contributed by atoms with van der Waals surface area (Å²) >= 11 is 1.52. The van der Waals surface area contributed by atoms with E-state index in [4.69, 9.17) is 9.47 Å². The summed E-state index contributed by atoms with van der Waals surface area (Å²) in [4.78, 5) is 41.0. The molecule has 34 heavy (non-hydrogen) atoms. The SMILES string of the molecule is CC1(c2ccc3c(c2)OCCO3)NC(=O)N(CC(=O)NC(c2ccccc2)c2cccs2)C1=O. The molecule has 0 bridgehead atoms. The van der Waals surface area contributed by atoms with Gasteiger partial charge in [0.15, 0.2) is 11.5 Å². The lowest BCUT2D eigenvalue weighted by Crippen LogP contribution is -2.44. The smallest absolute Gasteiger partial charge is 0.325 e. The van der Waals surface area contributed by atoms with Crippen molar-refractivity contribution in [3.05, 3.63) is 82.0 Å². The summed E-state index contributed by atoms with van der Waals surface area (Å²) in [5.74, 6) is 0.172. The summed E-state index contributed by atoms with van der Waals surface area (Å²) in [6.45, 7) is 2.10. The molecular weight excluding hydrogens is 454 g/mol. The van der Waals surface area contributed by atoms with Gasteiger partial charge in [-0.15, -0.1) is 11.3 Å². The Bertz CT molecular complexity index is 1230. The van der Waals surface area contributed by atoms with Gasteiger partial charge in [-0.3, -0.25) is 14.5 Å². The quantitative estimate of drug-likeness (QED) is 0.532. The summed E-state index contributed by atoms with van der Waals surface area (Å²) in [6.07, 6.45) is 0. The maximum absolute atomic E-state index is 13.3. The second-order valence-corrected chi connectivity index (χ2v) is 9.21. The molecule has 1 saturated heterocycles. The van der Waals surface area contributed by atoms with E-state index >= 15 is 0 Å². The minimum atomic E-state index is -1.32. The Morgan fingerprint density at radius 3 is 2.59 bits per heavy atom. The summed E-state index contributed by atoms with van der Waals surface area (Å²) in [5, 5.41) is 7.65. The van der Waals surface area contributed by atoms with E-state index in [2.05, 4.69) is 10.6 Å². The zero-order valence-corrected chi connectivity index (χ0v) is 19.3. The minimum Gasteiger partial charge on any atom is -0.486 e. The lowest BCUT2D eigenvalue weighted by Gasteiger charge is -2.25. The van der Waals surface area contributed by atoms with Gasteiger partial charge in [0.1, 0.15) is 25.3 Å². The minimum absolute atomic E-state index is 0.376. The van der Waals surface area contributed by atoms with Crippen molar-refractivity contribution in [2.75, 3.05) is 19.8 Å². The Morgan fingerprint density at radius 1 is 1.09 bits per heavy atom. The summed E-state index contributed by atoms with van der Waals surface area (Å²) in [7, 11) is 0. The number of benzene rings is 2. The molecule has 2 unspecified atom stereocenters. The van der Waals surface area contributed by atoms with Gasteiger partial charge in [-0.1, -0.05) is 42.5 Å². The molecule has 9 heteroatoms. The molecule has 1 fully saturated rings. The van der Waals surface area contributed by atoms with Crippen LogP contribution in [0.4, 0.5) is 4.79 Å². The van der Waals surface area contributed by atoms with Gasteiger partial charge < -0.3 is 20.1 Å². The predicted octanol–water partition coefficient (Wildman–Crippen LogP) is 3.19. The molecule has 8 nitrogen and oxygen atoms in total. The molecule has 3 aromatic rings. The number of amides is 4. The van der Waals surface area contributed by atoms with Gasteiger partial charge in [0.05, 0.1) is 6.04 Å². The van der Waals surface area contributed by atoms with Crippen LogP contribution >= 0.6 is 11.3 Å². The Hall–Kier alpha value is -3.85. The lowest BCUT2D eigenvalue weighted by atomic mass is 9.91. The molecule has 2 aromatic carbocycles. The van der Waals surface area contributed by atoms with Gasteiger partial charge in [-0.25, -0.2) is 4.79 Å². The Kier molecular flexibility index (Phi) is 5.70. The number of carbonyl (C=O) groups is 3. The predicted molar refractivity (Wildman–Crippen MR) is 126 cm³/mol. The van der Waals surface area contributed by atoms with Crippen LogP contribution in [0.1, 0.15) is 29.0 Å². The lowest BCUT2D eigenvalue weighted by molar-refractivity contribution is -0.135. The molecule has 174 valence electrons. The second kappa shape index (κ2) is 8.83. The highest BCUT2D eigenvalue weighted by Gasteiger charge is 2.50. The fourth-order valence-electron chi connectivity index (χ4n) is 4.16. The van der Waals surface area contributed by atoms with E-state index in [1.54, 1.807) is 25.1 Å². The van der Waals surface area contributed by atoms with Crippen LogP contribution < -0.4 is 20.1 Å². The van der Waals surface area contributed by atoms with E-state index in [1.807, 2.05) is 47.8 Å². The largest absolute Gasteiger partial charge is 0.486 e. The van der Waals surface area contributed by atoms with Crippen LogP contribution in [-0.2, 0) is 15.1 Å². The fourth-order valence-corrected chi connectivity index (χ4v) is 4.96. The van der Waals surface area contributed by atoms with Crippen LogP contribution in [0.2, 0.25) is 0 Å². The van der Waals surface area contributed by atoms with Crippen LogP contribution in [0.25, 0.3) is 0 Å². The summed E-state index contributed by atoms with van der Waals surface area (Å²) in [6, 6.07) is 17.6. The standard InChI is InChI=1S/C25H23N3O5S/c1-25(17-9-10-18-19(14-17)33-12-11-32-18)23(30)28(24(31)27-25)15-21(29)26-22(20-8-5-13-34-20)16-6-3-2-4-7-16/h2-10,13-14,22H,11-12,15H2,1H3,(H,26,29)(H,27,31). The summed E-state index contributed by atoms with van der Waals surface area (Å²) in [5.41, 5.74) is 0.148. The average molecular weight is 478 g/mol. The van der Waals surface area contributed by atoms with Gasteiger partial charge >= 0.3 is 6.03 Å². The number of hydrogen-bond acceptors (Lipinski definition) is 6. The first-order valence-electron chi connectivity index (χ1n) is 10.9. The monoisotopic (exact) mass is 477 g/mol. The number of carbonyl (C=O) groups excluding carboxylic acids is 3. The molecule has 1 aromatic heterocycles. The molecule has 2 atom stereocenters. The topological polar surface area (TPSA) is 97.0 Å². The van der Waals surface area contributed by atoms with Crippen molar-refractivity contribution in [1.29, 1.82) is 0 Å². The van der Waals surface area contributed by atoms with Crippen LogP contribution in [0, 0.1) is 0 Å². The van der Waals surface area contributed by atoms with Crippen LogP contribution in [-0.4, -0.2) is 42.5 Å². The third-order valence-corrected chi connectivity index (χ3v) is 6.90. The molecule has 2 aliphatic rings. The molecule has 2 aliphatic heterocycles. The van der Waals surface area contributed by atoms with Gasteiger partial charge in [0, 0.05) is 4.88 Å². The number of imide groups is 1. The van der Waals surface area contributed by atoms with Crippen molar-refractivity contribution < 1.29 is 23.9 Å². The van der Waals surface area contributed by atoms with Crippen LogP contribution in [0.5, 0.6) is 11.5 Å². The van der Waals surface area contributed by atoms with E-state index in [0.717, 1.165) is 15.3 Å². The van der Waals surface area contributed by atoms with E-state index in [-0.39, 0.29) is 12.6 Å². The molecule has 0 radical (unpaired) electrons. The third kappa shape index (κ3) is 3.99. The van der Waals surface area contributed by atoms with E-state index in [0.29, 0.717) is 30.3 Å². The first-order valence-corrected chi connectivity index (χ1v) is 11.8. The van der Waals surface area contributed by atoms with Gasteiger partial charge in [0.25, 0.3) is 5.91 Å². The van der Waals surface area contributed by atoms with E-state index < -0.39 is 23.4 Å². The van der Waals surface area contributed by atoms with Crippen molar-refractivity contribution in [3.63, 3.8) is 0 Å². The van der Waals surface area contributed by atoms with E-state index in [1.165, 1.54) is 11.3 Å². The van der Waals surface area contributed by atoms with Crippen LogP contribution in [0.15, 0.2) is 66.0 Å². The first-order chi connectivity index (χ1) is 16.5. The number of fused-ring (bicyclic) bond motifs is 1. The molecule has 0 spiro atoms. The molecule has 0 saturated carbocycles. The number of hydrogen-bond donors (Lipinski definition) is 2. The van der Waals surface area contributed by atoms with Gasteiger partial charge in [-0.05, 0) is 41.6 Å². The number of urea groups is 1. The number of ether oxygens (including phenoxy) is 2. The Balaban J connectivity index is 1.34. The summed E-state index contributed by atoms with van der Waals surface area (Å²) < 4.78 is 11.2. The third-order valence-electron chi connectivity index (χ3n) is 5.96. The van der Waals surface area contributed by atoms with Crippen molar-refractivity contribution >= 4 is 29.2 Å². The number of rotatable bonds is 6. The number of thiophene rings is 1. The Morgan fingerprint density at radius 2 is 1.85 bits per heavy atom. The zero-order chi connectivity index (χ0) is 23.7. The zero-order valence-electron chi connectivity index (χ0n) is 18.4. The molecule has 3 heterocycles. The van der Waals surface area contributed by atoms with E-state index in [9.17, 15) is 14.4 Å². The first kappa shape index (κ1) is 22.0. The normalized spacial score (nSPS) is 20.1. The number of nitrogens with one attached hydrogen (secondary N) is 2. The van der Waals surface area contributed by atoms with Crippen molar-refractivity contribution in [2.24, 2.45) is 0 Å². The van der Waals surface area contributed by atoms with Crippen molar-refractivity contribution in [1.82, 2.24) is 15.5 Å². The van der Waals surface area contributed by atoms with Crippen LogP contribution in [0.3, 0.4) is 0 Å². The number of nitrogens with zero attached hydrogens (tertiary/aromatic N) is 1. The molecular formula is C25H23N3O5S. The molecule has 5 rings (SSSR count). The maximum atomic E-state index is 13.3. The van der Waals surface area contributed by atoms with Gasteiger partial charge in [-0.2, -0.15) is 0 Å². The highest BCUT2D eigenvalue weighted by atomic mass is 32.1.